The molecule has 1 aliphatic rings. The number of nitrogens with one attached hydrogen (secondary N) is 1. The molecule has 0 aliphatic carbocycles. The van der Waals surface area contributed by atoms with Gasteiger partial charge in [-0.1, -0.05) is 35.9 Å². The van der Waals surface area contributed by atoms with E-state index in [2.05, 4.69) is 49.5 Å². The number of aryl methyl sites for hydroxylation is 1. The molecule has 27 heavy (non-hydrogen) atoms. The summed E-state index contributed by atoms with van der Waals surface area (Å²) in [6, 6.07) is 12.6. The number of benzene rings is 1. The third-order valence-corrected chi connectivity index (χ3v) is 6.69. The Hall–Kier alpha value is -2.14. The lowest BCUT2D eigenvalue weighted by atomic mass is 9.84. The van der Waals surface area contributed by atoms with Crippen molar-refractivity contribution in [1.82, 2.24) is 10.2 Å². The molecule has 1 N–H and O–H groups in total. The van der Waals surface area contributed by atoms with E-state index in [1.54, 1.807) is 11.3 Å². The normalized spacial score (nSPS) is 20.3. The number of hydrogen-bond acceptors (Lipinski definition) is 3. The maximum absolute atomic E-state index is 12.8. The molecule has 1 aliphatic heterocycles. The SMILES string of the molecule is Cc1ccc(C[C@@]2(CCC(=O)N(C)[C@@H](C)c3cccs3)CCC(=O)N2)cc1. The van der Waals surface area contributed by atoms with Gasteiger partial charge in [-0.05, 0) is 50.1 Å². The van der Waals surface area contributed by atoms with Crippen molar-refractivity contribution in [3.8, 4) is 0 Å². The van der Waals surface area contributed by atoms with Gasteiger partial charge in [0.25, 0.3) is 0 Å². The minimum atomic E-state index is -0.311. The smallest absolute Gasteiger partial charge is 0.222 e. The van der Waals surface area contributed by atoms with E-state index in [0.717, 1.165) is 12.8 Å². The number of amides is 2. The van der Waals surface area contributed by atoms with Crippen LogP contribution in [0.4, 0.5) is 0 Å². The summed E-state index contributed by atoms with van der Waals surface area (Å²) >= 11 is 1.67. The van der Waals surface area contributed by atoms with E-state index >= 15 is 0 Å². The van der Waals surface area contributed by atoms with E-state index < -0.39 is 0 Å². The van der Waals surface area contributed by atoms with Crippen LogP contribution in [0.3, 0.4) is 0 Å². The van der Waals surface area contributed by atoms with Gasteiger partial charge in [-0.2, -0.15) is 0 Å². The fraction of sp³-hybridized carbons (Fsp3) is 0.455. The van der Waals surface area contributed by atoms with Crippen LogP contribution in [0.5, 0.6) is 0 Å². The zero-order valence-electron chi connectivity index (χ0n) is 16.3. The van der Waals surface area contributed by atoms with Crippen LogP contribution in [0.2, 0.25) is 0 Å². The molecule has 0 spiro atoms. The average molecular weight is 385 g/mol. The van der Waals surface area contributed by atoms with Crippen LogP contribution in [-0.2, 0) is 16.0 Å². The molecule has 0 bridgehead atoms. The number of rotatable bonds is 7. The van der Waals surface area contributed by atoms with Crippen LogP contribution in [0, 0.1) is 6.92 Å². The summed E-state index contributed by atoms with van der Waals surface area (Å²) in [5.74, 6) is 0.218. The summed E-state index contributed by atoms with van der Waals surface area (Å²) in [6.45, 7) is 4.13. The van der Waals surface area contributed by atoms with Crippen LogP contribution in [0.1, 0.15) is 54.7 Å². The Bertz CT molecular complexity index is 785. The van der Waals surface area contributed by atoms with Gasteiger partial charge in [-0.25, -0.2) is 0 Å². The van der Waals surface area contributed by atoms with Gasteiger partial charge in [0.2, 0.25) is 11.8 Å². The summed E-state index contributed by atoms with van der Waals surface area (Å²) in [7, 11) is 1.87. The molecule has 4 nitrogen and oxygen atoms in total. The molecule has 0 unspecified atom stereocenters. The maximum Gasteiger partial charge on any atom is 0.222 e. The highest BCUT2D eigenvalue weighted by Gasteiger charge is 2.38. The molecule has 2 atom stereocenters. The van der Waals surface area contributed by atoms with Gasteiger partial charge in [0, 0.05) is 30.3 Å². The first-order valence-electron chi connectivity index (χ1n) is 9.54. The summed E-state index contributed by atoms with van der Waals surface area (Å²) in [5.41, 5.74) is 2.12. The van der Waals surface area contributed by atoms with Crippen molar-refractivity contribution in [2.24, 2.45) is 0 Å². The Kier molecular flexibility index (Phi) is 6.00. The van der Waals surface area contributed by atoms with E-state index in [4.69, 9.17) is 0 Å². The maximum atomic E-state index is 12.8. The van der Waals surface area contributed by atoms with Gasteiger partial charge in [-0.15, -0.1) is 11.3 Å². The first-order valence-corrected chi connectivity index (χ1v) is 10.4. The van der Waals surface area contributed by atoms with Gasteiger partial charge in [0.05, 0.1) is 6.04 Å². The first kappa shape index (κ1) is 19.6. The predicted molar refractivity (Wildman–Crippen MR) is 110 cm³/mol. The zero-order chi connectivity index (χ0) is 19.4. The van der Waals surface area contributed by atoms with E-state index in [-0.39, 0.29) is 23.4 Å². The number of carbonyl (C=O) groups is 2. The number of thiophene rings is 1. The third kappa shape index (κ3) is 4.78. The Balaban J connectivity index is 1.65. The summed E-state index contributed by atoms with van der Waals surface area (Å²) in [5, 5.41) is 5.21. The lowest BCUT2D eigenvalue weighted by Crippen LogP contribution is -2.44. The standard InChI is InChI=1S/C22H28N2O2S/c1-16-6-8-18(9-7-16)15-22(12-10-20(25)23-22)13-11-21(26)24(3)17(2)19-5-4-14-27-19/h4-9,14,17H,10-13,15H2,1-3H3,(H,23,25)/t17-,22-/m0/s1. The lowest BCUT2D eigenvalue weighted by molar-refractivity contribution is -0.132. The van der Waals surface area contributed by atoms with E-state index in [1.165, 1.54) is 16.0 Å². The van der Waals surface area contributed by atoms with Crippen molar-refractivity contribution in [3.05, 3.63) is 57.8 Å². The van der Waals surface area contributed by atoms with Crippen molar-refractivity contribution < 1.29 is 9.59 Å². The van der Waals surface area contributed by atoms with Crippen molar-refractivity contribution >= 4 is 23.2 Å². The summed E-state index contributed by atoms with van der Waals surface area (Å²) in [6.07, 6.45) is 3.22. The molecule has 2 aromatic rings. The second-order valence-corrected chi connectivity index (χ2v) is 8.67. The minimum absolute atomic E-state index is 0.0729. The molecule has 0 radical (unpaired) electrons. The molecule has 1 saturated heterocycles. The second kappa shape index (κ2) is 8.26. The van der Waals surface area contributed by atoms with Crippen molar-refractivity contribution in [1.29, 1.82) is 0 Å². The van der Waals surface area contributed by atoms with Crippen molar-refractivity contribution in [2.45, 2.75) is 57.5 Å². The second-order valence-electron chi connectivity index (χ2n) is 7.69. The predicted octanol–water partition coefficient (Wildman–Crippen LogP) is 4.25. The van der Waals surface area contributed by atoms with Crippen LogP contribution in [0.15, 0.2) is 41.8 Å². The Morgan fingerprint density at radius 1 is 1.30 bits per heavy atom. The highest BCUT2D eigenvalue weighted by atomic mass is 32.1. The number of hydrogen-bond donors (Lipinski definition) is 1. The highest BCUT2D eigenvalue weighted by molar-refractivity contribution is 7.10. The third-order valence-electron chi connectivity index (χ3n) is 5.65. The topological polar surface area (TPSA) is 49.4 Å². The quantitative estimate of drug-likeness (QED) is 0.776. The molecular formula is C22H28N2O2S. The zero-order valence-corrected chi connectivity index (χ0v) is 17.1. The molecule has 2 amide bonds. The molecule has 3 rings (SSSR count). The number of nitrogens with zero attached hydrogens (tertiary/aromatic N) is 1. The fourth-order valence-electron chi connectivity index (χ4n) is 3.74. The summed E-state index contributed by atoms with van der Waals surface area (Å²) in [4.78, 5) is 27.7. The van der Waals surface area contributed by atoms with Crippen LogP contribution >= 0.6 is 11.3 Å². The van der Waals surface area contributed by atoms with E-state index in [9.17, 15) is 9.59 Å². The summed E-state index contributed by atoms with van der Waals surface area (Å²) < 4.78 is 0. The molecule has 144 valence electrons. The average Bonchev–Trinajstić information content (AvgIpc) is 3.31. The van der Waals surface area contributed by atoms with Gasteiger partial charge in [-0.3, -0.25) is 9.59 Å². The molecule has 5 heteroatoms. The Morgan fingerprint density at radius 2 is 2.04 bits per heavy atom. The van der Waals surface area contributed by atoms with Gasteiger partial charge in [0.1, 0.15) is 0 Å². The highest BCUT2D eigenvalue weighted by Crippen LogP contribution is 2.31. The van der Waals surface area contributed by atoms with Crippen LogP contribution in [0.25, 0.3) is 0 Å². The van der Waals surface area contributed by atoms with E-state index in [0.29, 0.717) is 19.3 Å². The molecule has 1 aromatic carbocycles. The first-order chi connectivity index (χ1) is 12.9. The molecule has 1 aromatic heterocycles. The fourth-order valence-corrected chi connectivity index (χ4v) is 4.56. The number of carbonyl (C=O) groups excluding carboxylic acids is 2. The minimum Gasteiger partial charge on any atom is -0.350 e. The van der Waals surface area contributed by atoms with E-state index in [1.807, 2.05) is 23.4 Å². The van der Waals surface area contributed by atoms with Crippen molar-refractivity contribution in [2.75, 3.05) is 7.05 Å². The van der Waals surface area contributed by atoms with Gasteiger partial charge < -0.3 is 10.2 Å². The van der Waals surface area contributed by atoms with Crippen molar-refractivity contribution in [3.63, 3.8) is 0 Å². The van der Waals surface area contributed by atoms with Crippen LogP contribution in [-0.4, -0.2) is 29.3 Å². The monoisotopic (exact) mass is 384 g/mol. The van der Waals surface area contributed by atoms with Gasteiger partial charge in [0.15, 0.2) is 0 Å². The molecular weight excluding hydrogens is 356 g/mol. The Labute approximate surface area is 165 Å². The lowest BCUT2D eigenvalue weighted by Gasteiger charge is -2.31. The largest absolute Gasteiger partial charge is 0.350 e. The van der Waals surface area contributed by atoms with Gasteiger partial charge >= 0.3 is 0 Å². The Morgan fingerprint density at radius 3 is 2.63 bits per heavy atom. The molecule has 2 heterocycles. The van der Waals surface area contributed by atoms with Crippen LogP contribution < -0.4 is 5.32 Å². The molecule has 0 saturated carbocycles. The molecule has 1 fully saturated rings.